The standard InChI is InChI=1S/C52H34N4O2/c1-2-3-4-13-28-55-44-18-9-5-14-34(44)38-24-25-39-35-15-6-10-19-45(35)56(51(39)50(38)55)52-53-42(32-22-26-48-40(29-32)36-16-7-11-20-46(36)57-48)31-43(54-52)33-23-27-49-41(30-33)37-17-8-12-21-47(37)58-49/h2-27,29-31H,28H2,1H3/b3-2-,13-4-. The zero-order valence-electron chi connectivity index (χ0n) is 31.6. The average Bonchev–Trinajstić information content (AvgIpc) is 4.02. The number of hydrogen-bond acceptors (Lipinski definition) is 4. The molecule has 0 aliphatic rings. The Kier molecular flexibility index (Phi) is 7.10. The molecule has 5 heterocycles. The SMILES string of the molecule is C/C=C\C=C/Cn1c2ccccc2c2ccc3c4ccccc4n(-c4nc(-c5ccc6oc7ccccc7c6c5)cc(-c5ccc6oc7ccccc7c6c5)n4)c3c21. The zero-order chi connectivity index (χ0) is 38.3. The molecule has 0 radical (unpaired) electrons. The van der Waals surface area contributed by atoms with E-state index in [0.717, 1.165) is 93.7 Å². The summed E-state index contributed by atoms with van der Waals surface area (Å²) in [6.07, 6.45) is 8.47. The smallest absolute Gasteiger partial charge is 0.235 e. The molecule has 0 saturated heterocycles. The fourth-order valence-electron chi connectivity index (χ4n) is 8.94. The van der Waals surface area contributed by atoms with Gasteiger partial charge in [0.05, 0.1) is 27.9 Å². The van der Waals surface area contributed by atoms with Crippen LogP contribution in [0.2, 0.25) is 0 Å². The molecule has 6 heteroatoms. The minimum absolute atomic E-state index is 0.599. The maximum absolute atomic E-state index is 6.25. The van der Waals surface area contributed by atoms with Crippen molar-refractivity contribution in [2.24, 2.45) is 0 Å². The second-order valence-corrected chi connectivity index (χ2v) is 14.8. The van der Waals surface area contributed by atoms with Crippen molar-refractivity contribution in [1.82, 2.24) is 19.1 Å². The van der Waals surface area contributed by atoms with Crippen LogP contribution in [0.15, 0.2) is 185 Å². The van der Waals surface area contributed by atoms with Crippen molar-refractivity contribution in [3.05, 3.63) is 176 Å². The van der Waals surface area contributed by atoms with E-state index < -0.39 is 0 Å². The van der Waals surface area contributed by atoms with Crippen LogP contribution in [-0.4, -0.2) is 19.1 Å². The van der Waals surface area contributed by atoms with Gasteiger partial charge in [0.15, 0.2) is 0 Å². The van der Waals surface area contributed by atoms with Crippen molar-refractivity contribution >= 4 is 87.5 Å². The Hall–Kier alpha value is -7.70. The molecule has 0 atom stereocenters. The first-order valence-electron chi connectivity index (χ1n) is 19.7. The lowest BCUT2D eigenvalue weighted by atomic mass is 10.0. The van der Waals surface area contributed by atoms with Crippen molar-refractivity contribution in [2.75, 3.05) is 0 Å². The molecule has 0 amide bonds. The summed E-state index contributed by atoms with van der Waals surface area (Å²) in [7, 11) is 0. The van der Waals surface area contributed by atoms with E-state index in [9.17, 15) is 0 Å². The van der Waals surface area contributed by atoms with Gasteiger partial charge < -0.3 is 13.4 Å². The number of benzene rings is 7. The number of nitrogens with zero attached hydrogens (tertiary/aromatic N) is 4. The predicted octanol–water partition coefficient (Wildman–Crippen LogP) is 13.9. The third-order valence-electron chi connectivity index (χ3n) is 11.6. The quantitative estimate of drug-likeness (QED) is 0.159. The van der Waals surface area contributed by atoms with Crippen LogP contribution in [0.5, 0.6) is 0 Å². The third kappa shape index (κ3) is 4.85. The monoisotopic (exact) mass is 746 g/mol. The van der Waals surface area contributed by atoms with Gasteiger partial charge in [-0.2, -0.15) is 0 Å². The predicted molar refractivity (Wildman–Crippen MR) is 239 cm³/mol. The molecule has 0 unspecified atom stereocenters. The van der Waals surface area contributed by atoms with Gasteiger partial charge in [-0.1, -0.05) is 109 Å². The Morgan fingerprint density at radius 3 is 1.60 bits per heavy atom. The summed E-state index contributed by atoms with van der Waals surface area (Å²) in [4.78, 5) is 11.0. The Morgan fingerprint density at radius 2 is 0.983 bits per heavy atom. The first-order chi connectivity index (χ1) is 28.7. The summed E-state index contributed by atoms with van der Waals surface area (Å²) in [6.45, 7) is 2.75. The lowest BCUT2D eigenvalue weighted by molar-refractivity contribution is 0.668. The number of furan rings is 2. The highest BCUT2D eigenvalue weighted by Gasteiger charge is 2.23. The molecule has 0 bridgehead atoms. The van der Waals surface area contributed by atoms with Gasteiger partial charge in [-0.15, -0.1) is 0 Å². The van der Waals surface area contributed by atoms with E-state index in [1.807, 2.05) is 31.2 Å². The molecule has 0 fully saturated rings. The summed E-state index contributed by atoms with van der Waals surface area (Å²) >= 11 is 0. The molecule has 58 heavy (non-hydrogen) atoms. The molecule has 0 aliphatic heterocycles. The van der Waals surface area contributed by atoms with Gasteiger partial charge in [0.2, 0.25) is 5.95 Å². The highest BCUT2D eigenvalue weighted by atomic mass is 16.3. The van der Waals surface area contributed by atoms with Crippen molar-refractivity contribution in [3.8, 4) is 28.5 Å². The number of rotatable bonds is 6. The van der Waals surface area contributed by atoms with Gasteiger partial charge in [-0.3, -0.25) is 4.57 Å². The molecule has 12 rings (SSSR count). The van der Waals surface area contributed by atoms with Gasteiger partial charge in [0.25, 0.3) is 0 Å². The van der Waals surface area contributed by atoms with E-state index in [1.54, 1.807) is 0 Å². The highest BCUT2D eigenvalue weighted by Crippen LogP contribution is 2.41. The normalized spacial score (nSPS) is 12.5. The second kappa shape index (κ2) is 12.7. The summed E-state index contributed by atoms with van der Waals surface area (Å²) < 4.78 is 17.2. The van der Waals surface area contributed by atoms with Crippen LogP contribution in [0, 0.1) is 0 Å². The van der Waals surface area contributed by atoms with Crippen molar-refractivity contribution < 1.29 is 8.83 Å². The van der Waals surface area contributed by atoms with E-state index >= 15 is 0 Å². The van der Waals surface area contributed by atoms with Gasteiger partial charge in [-0.25, -0.2) is 9.97 Å². The minimum atomic E-state index is 0.599. The van der Waals surface area contributed by atoms with E-state index in [-0.39, 0.29) is 0 Å². The van der Waals surface area contributed by atoms with Gasteiger partial charge in [0, 0.05) is 66.3 Å². The van der Waals surface area contributed by atoms with Crippen LogP contribution in [0.25, 0.3) is 116 Å². The first kappa shape index (κ1) is 32.5. The highest BCUT2D eigenvalue weighted by molar-refractivity contribution is 6.23. The second-order valence-electron chi connectivity index (χ2n) is 14.8. The topological polar surface area (TPSA) is 61.9 Å². The molecule has 12 aromatic rings. The third-order valence-corrected chi connectivity index (χ3v) is 11.6. The summed E-state index contributed by atoms with van der Waals surface area (Å²) in [6, 6.07) is 53.1. The Labute approximate surface area is 332 Å². The van der Waals surface area contributed by atoms with Crippen molar-refractivity contribution in [2.45, 2.75) is 13.5 Å². The lowest BCUT2D eigenvalue weighted by Crippen LogP contribution is -2.05. The van der Waals surface area contributed by atoms with Crippen LogP contribution in [0.3, 0.4) is 0 Å². The van der Waals surface area contributed by atoms with Crippen LogP contribution in [-0.2, 0) is 6.54 Å². The molecule has 0 saturated carbocycles. The van der Waals surface area contributed by atoms with Crippen LogP contribution >= 0.6 is 0 Å². The first-order valence-corrected chi connectivity index (χ1v) is 19.7. The Morgan fingerprint density at radius 1 is 0.466 bits per heavy atom. The molecule has 274 valence electrons. The van der Waals surface area contributed by atoms with E-state index in [2.05, 4.69) is 161 Å². The van der Waals surface area contributed by atoms with Crippen molar-refractivity contribution in [3.63, 3.8) is 0 Å². The van der Waals surface area contributed by atoms with Crippen LogP contribution < -0.4 is 0 Å². The summed E-state index contributed by atoms with van der Waals surface area (Å²) in [5, 5.41) is 8.96. The summed E-state index contributed by atoms with van der Waals surface area (Å²) in [5.41, 5.74) is 11.5. The average molecular weight is 747 g/mol. The molecule has 5 aromatic heterocycles. The van der Waals surface area contributed by atoms with Gasteiger partial charge in [-0.05, 0) is 73.7 Å². The van der Waals surface area contributed by atoms with Gasteiger partial charge in [0.1, 0.15) is 22.3 Å². The van der Waals surface area contributed by atoms with E-state index in [4.69, 9.17) is 18.8 Å². The molecule has 6 nitrogen and oxygen atoms in total. The number of para-hydroxylation sites is 4. The number of hydrogen-bond donors (Lipinski definition) is 0. The molecular weight excluding hydrogens is 713 g/mol. The number of fused-ring (bicyclic) bond motifs is 13. The number of allylic oxidation sites excluding steroid dienone is 4. The Bertz CT molecular complexity index is 3550. The molecule has 0 N–H and O–H groups in total. The molecule has 0 spiro atoms. The Balaban J connectivity index is 1.18. The number of aromatic nitrogens is 4. The molecule has 7 aromatic carbocycles. The zero-order valence-corrected chi connectivity index (χ0v) is 31.6. The van der Waals surface area contributed by atoms with E-state index in [0.29, 0.717) is 12.5 Å². The van der Waals surface area contributed by atoms with Crippen molar-refractivity contribution in [1.29, 1.82) is 0 Å². The van der Waals surface area contributed by atoms with Crippen LogP contribution in [0.1, 0.15) is 6.92 Å². The summed E-state index contributed by atoms with van der Waals surface area (Å²) in [5.74, 6) is 0.599. The molecular formula is C52H34N4O2. The van der Waals surface area contributed by atoms with Crippen LogP contribution in [0.4, 0.5) is 0 Å². The maximum Gasteiger partial charge on any atom is 0.235 e. The fourth-order valence-corrected chi connectivity index (χ4v) is 8.94. The largest absolute Gasteiger partial charge is 0.456 e. The maximum atomic E-state index is 6.25. The van der Waals surface area contributed by atoms with E-state index in [1.165, 1.54) is 16.3 Å². The molecule has 0 aliphatic carbocycles. The fraction of sp³-hybridized carbons (Fsp3) is 0.0385. The lowest BCUT2D eigenvalue weighted by Gasteiger charge is -2.13. The van der Waals surface area contributed by atoms with Gasteiger partial charge >= 0.3 is 0 Å². The minimum Gasteiger partial charge on any atom is -0.456 e.